The van der Waals surface area contributed by atoms with E-state index in [0.29, 0.717) is 106 Å². The van der Waals surface area contributed by atoms with Crippen LogP contribution in [-0.4, -0.2) is 173 Å². The molecule has 0 spiro atoms. The van der Waals surface area contributed by atoms with Crippen LogP contribution >= 0.6 is 23.1 Å². The Morgan fingerprint density at radius 1 is 0.423 bits per heavy atom. The van der Waals surface area contributed by atoms with Gasteiger partial charge in [-0.1, -0.05) is 195 Å². The first kappa shape index (κ1) is 108. The van der Waals surface area contributed by atoms with Gasteiger partial charge < -0.3 is 66.6 Å². The van der Waals surface area contributed by atoms with E-state index in [0.717, 1.165) is 74.6 Å². The number of anilines is 6. The smallest absolute Gasteiger partial charge is 0.485 e. The normalized spacial score (nSPS) is 16.3. The molecule has 0 unspecified atom stereocenters. The molecule has 0 radical (unpaired) electrons. The number of allylic oxidation sites excluding steroid dienone is 12. The van der Waals surface area contributed by atoms with Crippen molar-refractivity contribution < 1.29 is 99.3 Å². The minimum atomic E-state index is -6.09. The first-order valence-electron chi connectivity index (χ1n) is 47.9. The highest BCUT2D eigenvalue weighted by Crippen LogP contribution is 2.53. The molecular weight excluding hydrogens is 1900 g/mol. The SMILES string of the molecule is CCOCCOCCN1/C(=C/C=C2\CCC(/C=C/C3=[N+](CCOCCOCC)c4ccc5ccccc5c4C3(C)C)=C2N(c2ccccc2)c2ccccc2)C(C)(C)c2c1ccc1ccccc21.CCOCCOCCN1/C(=C/C=C2\CCC(/C=C/c3sc4cc(C)ccc4[n+]3CCOCCOCC)=C2N(c2ccccc2)c2ccccc2)Sc2cc(C)ccc21.O=S(=O)([O-])C(F)(F)F.O=S(=O)([O-])C(F)(F)F. The average molecular weight is 2020 g/mol. The van der Waals surface area contributed by atoms with Crippen molar-refractivity contribution in [3.05, 3.63) is 345 Å². The lowest BCUT2D eigenvalue weighted by molar-refractivity contribution is -0.670. The number of alkyl halides is 6. The molecule has 3 aliphatic heterocycles. The third-order valence-corrected chi connectivity index (χ3v) is 28.1. The van der Waals surface area contributed by atoms with Gasteiger partial charge in [0.1, 0.15) is 17.9 Å². The standard InChI is InChI=1S/C61H68N3O4.C49H56N3O4S2.2CHF3O3S/c1-7-65-41-43-67-39-37-62-53-33-29-45-19-15-17-25-51(45)57(53)60(3,4)55(62)35-31-47-27-28-48(59(47)64(49-21-11-9-12-22-49)50-23-13-10-14-24-50)32-36-56-61(5,6)58-52-26-18-16-20-46(52)30-34-54(58)63(56)38-40-68-44-42-66-8-2;1-5-53-31-33-55-29-27-50-43-23-17-37(3)35-45(43)57-47(50)25-21-39-19-20-40(49(39)52(41-13-9-7-10-14-41)42-15-11-8-12-16-42)22-26-48-51(28-30-56-34-32-54-6-2)44-24-18-38(4)36-46(44)58-48;2*2-1(3,4)8(5,6)7/h9-26,29-36H,7-8,27-28,37-44H2,1-6H3;7-18,21-26,35-36H,5-6,19-20,27-34H2,1-4H3;2*(H,5,6,7)/q2*+1;;/p-2. The molecule has 0 saturated heterocycles. The lowest BCUT2D eigenvalue weighted by atomic mass is 9.79. The number of hydrogen-bond acceptors (Lipinski definition) is 20. The topological polar surface area (TPSA) is 208 Å². The van der Waals surface area contributed by atoms with Gasteiger partial charge in [0.2, 0.25) is 11.2 Å². The van der Waals surface area contributed by atoms with E-state index >= 15 is 0 Å². The zero-order chi connectivity index (χ0) is 101. The van der Waals surface area contributed by atoms with E-state index in [1.165, 1.54) is 131 Å². The summed E-state index contributed by atoms with van der Waals surface area (Å²) in [6, 6.07) is 83.5. The number of benzene rings is 10. The molecule has 5 aliphatic rings. The second-order valence-electron chi connectivity index (χ2n) is 35.0. The molecule has 0 N–H and O–H groups in total. The Balaban J connectivity index is 0.000000208. The predicted octanol–water partition coefficient (Wildman–Crippen LogP) is 24.8. The van der Waals surface area contributed by atoms with Crippen molar-refractivity contribution in [2.24, 2.45) is 0 Å². The summed E-state index contributed by atoms with van der Waals surface area (Å²) in [5.74, 6) is 0. The van der Waals surface area contributed by atoms with Crippen molar-refractivity contribution in [2.75, 3.05) is 145 Å². The third-order valence-electron chi connectivity index (χ3n) is 24.8. The maximum atomic E-state index is 10.7. The van der Waals surface area contributed by atoms with Crippen LogP contribution in [0.15, 0.2) is 322 Å². The maximum absolute atomic E-state index is 10.7. The van der Waals surface area contributed by atoms with Gasteiger partial charge >= 0.3 is 11.0 Å². The monoisotopic (exact) mass is 2020 g/mol. The van der Waals surface area contributed by atoms with E-state index in [2.05, 4.69) is 349 Å². The van der Waals surface area contributed by atoms with Crippen molar-refractivity contribution in [3.8, 4) is 0 Å². The van der Waals surface area contributed by atoms with Gasteiger partial charge in [-0.15, -0.1) is 0 Å². The first-order valence-corrected chi connectivity index (χ1v) is 52.3. The number of halogens is 6. The van der Waals surface area contributed by atoms with Crippen molar-refractivity contribution in [2.45, 2.75) is 128 Å². The van der Waals surface area contributed by atoms with Gasteiger partial charge in [0.15, 0.2) is 39.0 Å². The summed E-state index contributed by atoms with van der Waals surface area (Å²) in [6.45, 7) is 35.0. The lowest BCUT2D eigenvalue weighted by Gasteiger charge is -2.29. The summed E-state index contributed by atoms with van der Waals surface area (Å²) in [6.07, 6.45) is 22.7. The van der Waals surface area contributed by atoms with E-state index in [1.807, 2.05) is 50.8 Å². The fourth-order valence-electron chi connectivity index (χ4n) is 18.2. The molecule has 0 bridgehead atoms. The summed E-state index contributed by atoms with van der Waals surface area (Å²) in [5, 5.41) is 7.54. The highest BCUT2D eigenvalue weighted by molar-refractivity contribution is 8.03. The van der Waals surface area contributed by atoms with Crippen LogP contribution in [0.5, 0.6) is 0 Å². The highest BCUT2D eigenvalue weighted by atomic mass is 32.2. The Morgan fingerprint density at radius 2 is 0.831 bits per heavy atom. The van der Waals surface area contributed by atoms with Crippen LogP contribution in [0.2, 0.25) is 0 Å². The minimum absolute atomic E-state index is 0.261. The fourth-order valence-corrected chi connectivity index (χ4v) is 20.6. The van der Waals surface area contributed by atoms with Crippen molar-refractivity contribution in [1.82, 2.24) is 0 Å². The Bertz CT molecular complexity index is 6560. The molecule has 10 aromatic carbocycles. The summed E-state index contributed by atoms with van der Waals surface area (Å²) in [5.41, 5.74) is 13.2. The van der Waals surface area contributed by atoms with E-state index < -0.39 is 31.3 Å². The summed E-state index contributed by atoms with van der Waals surface area (Å²) in [7, 11) is -12.2. The van der Waals surface area contributed by atoms with Crippen molar-refractivity contribution in [1.29, 1.82) is 0 Å². The number of hydrogen-bond donors (Lipinski definition) is 0. The van der Waals surface area contributed by atoms with Crippen molar-refractivity contribution >= 4 is 127 Å². The van der Waals surface area contributed by atoms with Crippen LogP contribution in [0.3, 0.4) is 0 Å². The Hall–Kier alpha value is -11.2. The van der Waals surface area contributed by atoms with E-state index in [-0.39, 0.29) is 10.8 Å². The number of fused-ring (bicyclic) bond motifs is 8. The second kappa shape index (κ2) is 50.4. The third kappa shape index (κ3) is 27.1. The molecule has 1 aromatic heterocycles. The molecule has 0 atom stereocenters. The summed E-state index contributed by atoms with van der Waals surface area (Å²) < 4.78 is 171. The van der Waals surface area contributed by atoms with Gasteiger partial charge in [0.25, 0.3) is 5.01 Å². The number of ether oxygens (including phenoxy) is 8. The predicted molar refractivity (Wildman–Crippen MR) is 556 cm³/mol. The van der Waals surface area contributed by atoms with Gasteiger partial charge in [0.05, 0.1) is 93.6 Å². The fraction of sp³-hybridized carbons (Fsp3) is 0.339. The highest BCUT2D eigenvalue weighted by Gasteiger charge is 2.47. The van der Waals surface area contributed by atoms with Crippen molar-refractivity contribution in [3.63, 3.8) is 0 Å². The van der Waals surface area contributed by atoms with Crippen LogP contribution in [0, 0.1) is 13.8 Å². The van der Waals surface area contributed by atoms with Crippen LogP contribution in [0.25, 0.3) is 37.8 Å². The number of para-hydroxylation sites is 4. The quantitative estimate of drug-likeness (QED) is 0.0115. The lowest BCUT2D eigenvalue weighted by Crippen LogP contribution is -2.37. The number of nitrogens with zero attached hydrogens (tertiary/aromatic N) is 6. The van der Waals surface area contributed by atoms with E-state index in [9.17, 15) is 26.3 Å². The van der Waals surface area contributed by atoms with Crippen LogP contribution in [0.4, 0.5) is 66.2 Å². The largest absolute Gasteiger partial charge is 0.741 e. The maximum Gasteiger partial charge on any atom is 0.485 e. The molecule has 142 heavy (non-hydrogen) atoms. The molecule has 752 valence electrons. The number of rotatable bonds is 40. The van der Waals surface area contributed by atoms with Gasteiger partial charge in [-0.05, 0) is 239 Å². The van der Waals surface area contributed by atoms with E-state index in [1.54, 1.807) is 0 Å². The van der Waals surface area contributed by atoms with Gasteiger partial charge in [-0.2, -0.15) is 35.5 Å². The molecule has 16 rings (SSSR count). The Kier molecular flexibility index (Phi) is 38.3. The van der Waals surface area contributed by atoms with Gasteiger partial charge in [-0.25, -0.2) is 16.8 Å². The zero-order valence-electron chi connectivity index (χ0n) is 81.8. The minimum Gasteiger partial charge on any atom is -0.741 e. The van der Waals surface area contributed by atoms with E-state index in [4.69, 9.17) is 63.8 Å². The number of thiazole rings is 1. The first-order chi connectivity index (χ1) is 68.3. The second-order valence-corrected chi connectivity index (χ2v) is 39.9. The average Bonchev–Trinajstić information content (AvgIpc) is 1.57. The van der Waals surface area contributed by atoms with Gasteiger partial charge in [0, 0.05) is 114 Å². The summed E-state index contributed by atoms with van der Waals surface area (Å²) in [4.78, 5) is 11.1. The van der Waals surface area contributed by atoms with Gasteiger partial charge in [-0.3, -0.25) is 0 Å². The molecule has 30 heteroatoms. The van der Waals surface area contributed by atoms with Crippen LogP contribution in [0.1, 0.15) is 108 Å². The molecular formula is C112H124F6N6O14S4. The molecule has 20 nitrogen and oxygen atoms in total. The number of aromatic nitrogens is 1. The molecule has 0 amide bonds. The Labute approximate surface area is 838 Å². The Morgan fingerprint density at radius 3 is 1.32 bits per heavy atom. The summed E-state index contributed by atoms with van der Waals surface area (Å²) >= 11 is 3.68. The molecule has 0 fully saturated rings. The molecule has 0 saturated carbocycles. The molecule has 11 aromatic rings. The van der Waals surface area contributed by atoms with Crippen LogP contribution in [-0.2, 0) is 75.5 Å². The zero-order valence-corrected chi connectivity index (χ0v) is 85.1. The number of aryl methyl sites for hydroxylation is 2. The molecule has 2 aliphatic carbocycles. The number of thioether (sulfide) groups is 1. The van der Waals surface area contributed by atoms with Crippen LogP contribution < -0.4 is 24.2 Å². The molecule has 4 heterocycles.